The Morgan fingerprint density at radius 2 is 1.75 bits per heavy atom. The maximum Gasteiger partial charge on any atom is 0.139 e. The van der Waals surface area contributed by atoms with E-state index in [9.17, 15) is 0 Å². The Labute approximate surface area is 100 Å². The van der Waals surface area contributed by atoms with Gasteiger partial charge in [-0.05, 0) is 19.4 Å². The van der Waals surface area contributed by atoms with E-state index in [0.717, 1.165) is 5.56 Å². The van der Waals surface area contributed by atoms with Crippen molar-refractivity contribution in [3.63, 3.8) is 0 Å². The van der Waals surface area contributed by atoms with Gasteiger partial charge in [-0.15, -0.1) is 0 Å². The van der Waals surface area contributed by atoms with E-state index in [1.165, 1.54) is 5.19 Å². The molecule has 16 heavy (non-hydrogen) atoms. The fraction of sp³-hybridized carbons (Fsp3) is 0.385. The van der Waals surface area contributed by atoms with Crippen molar-refractivity contribution in [2.45, 2.75) is 19.8 Å². The van der Waals surface area contributed by atoms with Crippen LogP contribution in [0.4, 0.5) is 0 Å². The molecular formula is C13H20O2Si. The molecule has 0 aliphatic heterocycles. The van der Waals surface area contributed by atoms with Crippen LogP contribution in [0.1, 0.15) is 19.4 Å². The van der Waals surface area contributed by atoms with Crippen LogP contribution in [0.3, 0.4) is 0 Å². The van der Waals surface area contributed by atoms with Gasteiger partial charge in [-0.1, -0.05) is 42.1 Å². The summed E-state index contributed by atoms with van der Waals surface area (Å²) >= 11 is 0. The third-order valence-electron chi connectivity index (χ3n) is 2.32. The van der Waals surface area contributed by atoms with Crippen LogP contribution < -0.4 is 5.19 Å². The third kappa shape index (κ3) is 4.31. The number of ether oxygens (including phenoxy) is 2. The van der Waals surface area contributed by atoms with Gasteiger partial charge in [-0.3, -0.25) is 0 Å². The van der Waals surface area contributed by atoms with Gasteiger partial charge in [0.25, 0.3) is 0 Å². The lowest BCUT2D eigenvalue weighted by Gasteiger charge is -2.16. The number of benzene rings is 1. The van der Waals surface area contributed by atoms with Gasteiger partial charge in [0, 0.05) is 13.2 Å². The van der Waals surface area contributed by atoms with Crippen LogP contribution in [-0.4, -0.2) is 28.6 Å². The first kappa shape index (κ1) is 13.2. The van der Waals surface area contributed by atoms with E-state index in [0.29, 0.717) is 13.2 Å². The fourth-order valence-corrected chi connectivity index (χ4v) is 3.12. The highest BCUT2D eigenvalue weighted by Gasteiger charge is 2.09. The average Bonchev–Trinajstić information content (AvgIpc) is 2.31. The second-order valence-corrected chi connectivity index (χ2v) is 5.38. The summed E-state index contributed by atoms with van der Waals surface area (Å²) in [6.45, 7) is 9.17. The van der Waals surface area contributed by atoms with Crippen LogP contribution in [0.2, 0.25) is 0 Å². The van der Waals surface area contributed by atoms with Gasteiger partial charge in [0.15, 0.2) is 0 Å². The molecule has 0 heterocycles. The lowest BCUT2D eigenvalue weighted by Crippen LogP contribution is -2.33. The minimum atomic E-state index is -0.522. The van der Waals surface area contributed by atoms with E-state index < -0.39 is 9.52 Å². The van der Waals surface area contributed by atoms with Crippen molar-refractivity contribution in [2.75, 3.05) is 13.2 Å². The molecule has 1 rings (SSSR count). The lowest BCUT2D eigenvalue weighted by atomic mass is 10.2. The number of rotatable bonds is 7. The molecule has 3 heteroatoms. The summed E-state index contributed by atoms with van der Waals surface area (Å²) in [6.07, 6.45) is 1.86. The van der Waals surface area contributed by atoms with Crippen molar-refractivity contribution in [1.29, 1.82) is 0 Å². The third-order valence-corrected chi connectivity index (χ3v) is 4.07. The molecule has 0 fully saturated rings. The molecule has 0 spiro atoms. The molecule has 0 saturated heterocycles. The predicted octanol–water partition coefficient (Wildman–Crippen LogP) is 1.48. The molecule has 1 aromatic carbocycles. The quantitative estimate of drug-likeness (QED) is 0.527. The fourth-order valence-electron chi connectivity index (χ4n) is 1.52. The van der Waals surface area contributed by atoms with Crippen LogP contribution >= 0.6 is 0 Å². The van der Waals surface area contributed by atoms with Crippen LogP contribution in [0.15, 0.2) is 30.8 Å². The number of hydrogen-bond acceptors (Lipinski definition) is 2. The monoisotopic (exact) mass is 236 g/mol. The number of hydrogen-bond donors (Lipinski definition) is 0. The van der Waals surface area contributed by atoms with Gasteiger partial charge >= 0.3 is 0 Å². The normalized spacial score (nSPS) is 11.4. The van der Waals surface area contributed by atoms with Crippen molar-refractivity contribution in [2.24, 2.45) is 0 Å². The second kappa shape index (κ2) is 7.38. The topological polar surface area (TPSA) is 18.5 Å². The molecule has 0 aromatic heterocycles. The molecule has 0 aliphatic carbocycles. The smallest absolute Gasteiger partial charge is 0.139 e. The first-order chi connectivity index (χ1) is 7.80. The predicted molar refractivity (Wildman–Crippen MR) is 71.8 cm³/mol. The lowest BCUT2D eigenvalue weighted by molar-refractivity contribution is -0.0817. The van der Waals surface area contributed by atoms with Gasteiger partial charge < -0.3 is 9.47 Å². The summed E-state index contributed by atoms with van der Waals surface area (Å²) in [5.74, 6) is 0.00424. The van der Waals surface area contributed by atoms with Crippen molar-refractivity contribution < 1.29 is 9.47 Å². The van der Waals surface area contributed by atoms with Gasteiger partial charge in [-0.2, -0.15) is 0 Å². The zero-order valence-electron chi connectivity index (χ0n) is 10.1. The standard InChI is InChI=1S/C13H20O2Si/c1-4-11-7-9-12(10-8-11)16-13(14-5-2)15-6-3/h4,7-10,13H,1,5-6,16H2,2-3H3. The summed E-state index contributed by atoms with van der Waals surface area (Å²) in [5, 5.41) is 1.36. The molecular weight excluding hydrogens is 216 g/mol. The maximum atomic E-state index is 5.56. The highest BCUT2D eigenvalue weighted by molar-refractivity contribution is 6.54. The molecule has 2 nitrogen and oxygen atoms in total. The van der Waals surface area contributed by atoms with Crippen molar-refractivity contribution in [1.82, 2.24) is 0 Å². The van der Waals surface area contributed by atoms with Crippen LogP contribution in [-0.2, 0) is 9.47 Å². The van der Waals surface area contributed by atoms with Crippen LogP contribution in [0.5, 0.6) is 0 Å². The summed E-state index contributed by atoms with van der Waals surface area (Å²) in [6, 6.07) is 8.47. The van der Waals surface area contributed by atoms with E-state index in [1.807, 2.05) is 19.9 Å². The Bertz CT molecular complexity index is 302. The molecule has 0 amide bonds. The Morgan fingerprint density at radius 1 is 1.19 bits per heavy atom. The van der Waals surface area contributed by atoms with Gasteiger partial charge in [0.1, 0.15) is 15.4 Å². The molecule has 0 atom stereocenters. The van der Waals surface area contributed by atoms with E-state index in [2.05, 4.69) is 30.8 Å². The van der Waals surface area contributed by atoms with Gasteiger partial charge in [0.05, 0.1) is 0 Å². The molecule has 0 bridgehead atoms. The Balaban J connectivity index is 2.58. The summed E-state index contributed by atoms with van der Waals surface area (Å²) in [4.78, 5) is 0. The SMILES string of the molecule is C=Cc1ccc([SiH2]C(OCC)OCC)cc1. The minimum absolute atomic E-state index is 0.00424. The zero-order valence-corrected chi connectivity index (χ0v) is 11.5. The molecule has 0 radical (unpaired) electrons. The summed E-state index contributed by atoms with van der Waals surface area (Å²) < 4.78 is 11.1. The van der Waals surface area contributed by atoms with E-state index >= 15 is 0 Å². The van der Waals surface area contributed by atoms with Crippen molar-refractivity contribution in [3.05, 3.63) is 36.4 Å². The highest BCUT2D eigenvalue weighted by Crippen LogP contribution is 1.99. The second-order valence-electron chi connectivity index (χ2n) is 3.49. The molecule has 0 unspecified atom stereocenters. The first-order valence-corrected chi connectivity index (χ1v) is 7.27. The summed E-state index contributed by atoms with van der Waals surface area (Å²) in [5.41, 5.74) is 1.15. The largest absolute Gasteiger partial charge is 0.357 e. The zero-order chi connectivity index (χ0) is 11.8. The minimum Gasteiger partial charge on any atom is -0.357 e. The average molecular weight is 236 g/mol. The maximum absolute atomic E-state index is 5.56. The van der Waals surface area contributed by atoms with E-state index in [1.54, 1.807) is 0 Å². The van der Waals surface area contributed by atoms with Crippen molar-refractivity contribution >= 4 is 20.8 Å². The van der Waals surface area contributed by atoms with Gasteiger partial charge in [0.2, 0.25) is 0 Å². The van der Waals surface area contributed by atoms with Crippen LogP contribution in [0.25, 0.3) is 6.08 Å². The molecule has 0 N–H and O–H groups in total. The Hall–Kier alpha value is -0.903. The molecule has 88 valence electrons. The molecule has 0 aliphatic rings. The van der Waals surface area contributed by atoms with Crippen molar-refractivity contribution in [3.8, 4) is 0 Å². The Kier molecular flexibility index (Phi) is 6.07. The molecule has 1 aromatic rings. The Morgan fingerprint density at radius 3 is 2.19 bits per heavy atom. The highest BCUT2D eigenvalue weighted by atomic mass is 28.2. The van der Waals surface area contributed by atoms with Gasteiger partial charge in [-0.25, -0.2) is 0 Å². The van der Waals surface area contributed by atoms with E-state index in [-0.39, 0.29) is 5.91 Å². The summed E-state index contributed by atoms with van der Waals surface area (Å²) in [7, 11) is -0.522. The first-order valence-electron chi connectivity index (χ1n) is 5.74. The molecule has 0 saturated carbocycles. The van der Waals surface area contributed by atoms with E-state index in [4.69, 9.17) is 9.47 Å². The van der Waals surface area contributed by atoms with Crippen LogP contribution in [0, 0.1) is 0 Å².